The molecule has 0 aromatic carbocycles. The van der Waals surface area contributed by atoms with Gasteiger partial charge in [0.2, 0.25) is 0 Å². The predicted octanol–water partition coefficient (Wildman–Crippen LogP) is 3.03. The molecule has 3 heteroatoms. The molecule has 0 aliphatic carbocycles. The Labute approximate surface area is 106 Å². The van der Waals surface area contributed by atoms with Crippen LogP contribution in [0.15, 0.2) is 12.3 Å². The average molecular weight is 237 g/mol. The topological polar surface area (TPSA) is 29.9 Å². The SMILES string of the molecule is CC(CCNC(C)C)Cc1ccn(C(C)C)n1. The third kappa shape index (κ3) is 5.35. The van der Waals surface area contributed by atoms with Crippen LogP contribution in [-0.2, 0) is 6.42 Å². The van der Waals surface area contributed by atoms with Gasteiger partial charge in [-0.1, -0.05) is 20.8 Å². The van der Waals surface area contributed by atoms with E-state index < -0.39 is 0 Å². The van der Waals surface area contributed by atoms with Gasteiger partial charge in [0.15, 0.2) is 0 Å². The van der Waals surface area contributed by atoms with Crippen molar-refractivity contribution in [2.24, 2.45) is 5.92 Å². The van der Waals surface area contributed by atoms with Crippen molar-refractivity contribution in [2.75, 3.05) is 6.54 Å². The summed E-state index contributed by atoms with van der Waals surface area (Å²) in [5, 5.41) is 8.05. The molecule has 1 rings (SSSR count). The van der Waals surface area contributed by atoms with Gasteiger partial charge in [0.1, 0.15) is 0 Å². The molecule has 0 saturated carbocycles. The molecule has 3 nitrogen and oxygen atoms in total. The summed E-state index contributed by atoms with van der Waals surface area (Å²) in [6, 6.07) is 3.19. The summed E-state index contributed by atoms with van der Waals surface area (Å²) in [5.74, 6) is 0.691. The van der Waals surface area contributed by atoms with Crippen molar-refractivity contribution < 1.29 is 0 Å². The van der Waals surface area contributed by atoms with Crippen molar-refractivity contribution in [3.8, 4) is 0 Å². The highest BCUT2D eigenvalue weighted by atomic mass is 15.3. The normalized spacial score (nSPS) is 13.6. The van der Waals surface area contributed by atoms with E-state index in [2.05, 4.69) is 57.3 Å². The zero-order valence-corrected chi connectivity index (χ0v) is 11.9. The first-order valence-corrected chi connectivity index (χ1v) is 6.76. The van der Waals surface area contributed by atoms with Crippen LogP contribution in [0.1, 0.15) is 52.8 Å². The van der Waals surface area contributed by atoms with Crippen LogP contribution >= 0.6 is 0 Å². The van der Waals surface area contributed by atoms with Gasteiger partial charge in [0, 0.05) is 18.3 Å². The third-order valence-electron chi connectivity index (χ3n) is 2.94. The predicted molar refractivity (Wildman–Crippen MR) is 73.2 cm³/mol. The Bertz CT molecular complexity index is 315. The molecule has 1 aromatic rings. The third-order valence-corrected chi connectivity index (χ3v) is 2.94. The zero-order valence-electron chi connectivity index (χ0n) is 11.9. The van der Waals surface area contributed by atoms with Crippen LogP contribution in [0, 0.1) is 5.92 Å². The number of hydrogen-bond acceptors (Lipinski definition) is 2. The molecule has 0 spiro atoms. The number of rotatable bonds is 7. The number of aromatic nitrogens is 2. The van der Waals surface area contributed by atoms with E-state index in [1.807, 2.05) is 4.68 Å². The fourth-order valence-corrected chi connectivity index (χ4v) is 1.85. The molecule has 1 aromatic heterocycles. The van der Waals surface area contributed by atoms with Crippen LogP contribution in [-0.4, -0.2) is 22.4 Å². The molecule has 17 heavy (non-hydrogen) atoms. The van der Waals surface area contributed by atoms with Crippen LogP contribution in [0.5, 0.6) is 0 Å². The van der Waals surface area contributed by atoms with Gasteiger partial charge in [-0.05, 0) is 45.2 Å². The molecule has 0 bridgehead atoms. The number of nitrogens with one attached hydrogen (secondary N) is 1. The van der Waals surface area contributed by atoms with Gasteiger partial charge in [-0.3, -0.25) is 4.68 Å². The molecule has 0 radical (unpaired) electrons. The van der Waals surface area contributed by atoms with Crippen molar-refractivity contribution in [1.29, 1.82) is 0 Å². The van der Waals surface area contributed by atoms with E-state index in [9.17, 15) is 0 Å². The van der Waals surface area contributed by atoms with Gasteiger partial charge in [0.05, 0.1) is 5.69 Å². The van der Waals surface area contributed by atoms with Crippen LogP contribution in [0.25, 0.3) is 0 Å². The first-order valence-electron chi connectivity index (χ1n) is 6.76. The van der Waals surface area contributed by atoms with Gasteiger partial charge in [-0.15, -0.1) is 0 Å². The van der Waals surface area contributed by atoms with Crippen LogP contribution in [0.2, 0.25) is 0 Å². The van der Waals surface area contributed by atoms with E-state index in [0.717, 1.165) is 13.0 Å². The summed E-state index contributed by atoms with van der Waals surface area (Å²) in [5.41, 5.74) is 1.22. The molecule has 0 aliphatic rings. The zero-order chi connectivity index (χ0) is 12.8. The maximum absolute atomic E-state index is 4.59. The minimum atomic E-state index is 0.460. The summed E-state index contributed by atoms with van der Waals surface area (Å²) in [4.78, 5) is 0. The lowest BCUT2D eigenvalue weighted by atomic mass is 10.0. The molecule has 0 amide bonds. The van der Waals surface area contributed by atoms with E-state index >= 15 is 0 Å². The largest absolute Gasteiger partial charge is 0.315 e. The Balaban J connectivity index is 2.32. The number of hydrogen-bond donors (Lipinski definition) is 1. The molecule has 0 saturated heterocycles. The van der Waals surface area contributed by atoms with Crippen LogP contribution < -0.4 is 5.32 Å². The standard InChI is InChI=1S/C14H27N3/c1-11(2)15-8-6-13(5)10-14-7-9-17(16-14)12(3)4/h7,9,11-13,15H,6,8,10H2,1-5H3. The van der Waals surface area contributed by atoms with Gasteiger partial charge in [0.25, 0.3) is 0 Å². The second-order valence-corrected chi connectivity index (χ2v) is 5.59. The quantitative estimate of drug-likeness (QED) is 0.790. The van der Waals surface area contributed by atoms with Gasteiger partial charge >= 0.3 is 0 Å². The maximum Gasteiger partial charge on any atom is 0.0627 e. The lowest BCUT2D eigenvalue weighted by molar-refractivity contribution is 0.465. The second kappa shape index (κ2) is 6.80. The van der Waals surface area contributed by atoms with Gasteiger partial charge in [-0.25, -0.2) is 0 Å². The molecule has 0 fully saturated rings. The molecular weight excluding hydrogens is 210 g/mol. The minimum absolute atomic E-state index is 0.460. The number of nitrogens with zero attached hydrogens (tertiary/aromatic N) is 2. The molecule has 98 valence electrons. The fraction of sp³-hybridized carbons (Fsp3) is 0.786. The van der Waals surface area contributed by atoms with Crippen LogP contribution in [0.4, 0.5) is 0 Å². The van der Waals surface area contributed by atoms with Crippen molar-refractivity contribution in [3.63, 3.8) is 0 Å². The molecule has 1 heterocycles. The van der Waals surface area contributed by atoms with Crippen molar-refractivity contribution in [1.82, 2.24) is 15.1 Å². The van der Waals surface area contributed by atoms with E-state index in [-0.39, 0.29) is 0 Å². The molecule has 1 atom stereocenters. The molecular formula is C14H27N3. The van der Waals surface area contributed by atoms with E-state index in [0.29, 0.717) is 18.0 Å². The summed E-state index contributed by atoms with van der Waals surface area (Å²) in [6.07, 6.45) is 4.38. The Morgan fingerprint density at radius 3 is 2.47 bits per heavy atom. The smallest absolute Gasteiger partial charge is 0.0627 e. The van der Waals surface area contributed by atoms with Crippen LogP contribution in [0.3, 0.4) is 0 Å². The monoisotopic (exact) mass is 237 g/mol. The molecule has 0 aliphatic heterocycles. The first kappa shape index (κ1) is 14.2. The Morgan fingerprint density at radius 2 is 1.94 bits per heavy atom. The summed E-state index contributed by atoms with van der Waals surface area (Å²) < 4.78 is 2.04. The van der Waals surface area contributed by atoms with E-state index in [1.54, 1.807) is 0 Å². The maximum atomic E-state index is 4.59. The second-order valence-electron chi connectivity index (χ2n) is 5.59. The summed E-state index contributed by atoms with van der Waals surface area (Å²) >= 11 is 0. The highest BCUT2D eigenvalue weighted by Gasteiger charge is 2.07. The lowest BCUT2D eigenvalue weighted by Crippen LogP contribution is -2.25. The van der Waals surface area contributed by atoms with E-state index in [1.165, 1.54) is 12.1 Å². The minimum Gasteiger partial charge on any atom is -0.315 e. The Morgan fingerprint density at radius 1 is 1.24 bits per heavy atom. The molecule has 1 unspecified atom stereocenters. The van der Waals surface area contributed by atoms with Gasteiger partial charge < -0.3 is 5.32 Å². The van der Waals surface area contributed by atoms with Gasteiger partial charge in [-0.2, -0.15) is 5.10 Å². The first-order chi connectivity index (χ1) is 7.99. The highest BCUT2D eigenvalue weighted by molar-refractivity contribution is 5.00. The van der Waals surface area contributed by atoms with E-state index in [4.69, 9.17) is 0 Å². The lowest BCUT2D eigenvalue weighted by Gasteiger charge is -2.12. The fourth-order valence-electron chi connectivity index (χ4n) is 1.85. The van der Waals surface area contributed by atoms with Crippen molar-refractivity contribution in [3.05, 3.63) is 18.0 Å². The highest BCUT2D eigenvalue weighted by Crippen LogP contribution is 2.11. The Hall–Kier alpha value is -0.830. The van der Waals surface area contributed by atoms with Crippen molar-refractivity contribution in [2.45, 2.75) is 59.5 Å². The summed E-state index contributed by atoms with van der Waals surface area (Å²) in [6.45, 7) is 12.1. The Kier molecular flexibility index (Phi) is 5.69. The molecule has 1 N–H and O–H groups in total. The average Bonchev–Trinajstić information content (AvgIpc) is 2.65. The summed E-state index contributed by atoms with van der Waals surface area (Å²) in [7, 11) is 0. The van der Waals surface area contributed by atoms with Crippen molar-refractivity contribution >= 4 is 0 Å².